The van der Waals surface area contributed by atoms with Crippen molar-refractivity contribution in [1.82, 2.24) is 19.7 Å². The van der Waals surface area contributed by atoms with Crippen LogP contribution in [0.5, 0.6) is 5.75 Å². The van der Waals surface area contributed by atoms with Crippen molar-refractivity contribution in [2.45, 2.75) is 58.3 Å². The van der Waals surface area contributed by atoms with Crippen LogP contribution in [0.15, 0.2) is 47.6 Å². The van der Waals surface area contributed by atoms with Crippen LogP contribution in [0.1, 0.15) is 36.5 Å². The summed E-state index contributed by atoms with van der Waals surface area (Å²) in [5.41, 5.74) is 4.74. The first-order valence-corrected chi connectivity index (χ1v) is 12.6. The largest absolute Gasteiger partial charge is 0.490 e. The molecule has 1 fully saturated rings. The van der Waals surface area contributed by atoms with E-state index >= 15 is 0 Å². The smallest absolute Gasteiger partial charge is 0.233 e. The zero-order valence-corrected chi connectivity index (χ0v) is 20.7. The van der Waals surface area contributed by atoms with Crippen molar-refractivity contribution in [3.8, 4) is 17.1 Å². The van der Waals surface area contributed by atoms with Crippen LogP contribution in [-0.4, -0.2) is 50.5 Å². The average Bonchev–Trinajstić information content (AvgIpc) is 3.23. The summed E-state index contributed by atoms with van der Waals surface area (Å²) in [6.45, 7) is 10.6. The summed E-state index contributed by atoms with van der Waals surface area (Å²) in [6.07, 6.45) is 1.86. The third-order valence-electron chi connectivity index (χ3n) is 6.21. The molecule has 2 heterocycles. The topological polar surface area (TPSA) is 60.2 Å². The van der Waals surface area contributed by atoms with Gasteiger partial charge in [0.1, 0.15) is 11.9 Å². The predicted molar refractivity (Wildman–Crippen MR) is 133 cm³/mol. The Balaban J connectivity index is 1.30. The van der Waals surface area contributed by atoms with E-state index in [1.807, 2.05) is 23.1 Å². The number of hydrogen-bond donors (Lipinski definition) is 0. The Bertz CT molecular complexity index is 1120. The number of aryl methyl sites for hydroxylation is 3. The lowest BCUT2D eigenvalue weighted by atomic mass is 10.1. The minimum Gasteiger partial charge on any atom is -0.490 e. The Kier molecular flexibility index (Phi) is 7.38. The minimum atomic E-state index is 0.146. The van der Waals surface area contributed by atoms with E-state index in [0.29, 0.717) is 5.75 Å². The molecule has 33 heavy (non-hydrogen) atoms. The Labute approximate surface area is 200 Å². The number of thioether (sulfide) groups is 1. The van der Waals surface area contributed by atoms with E-state index in [4.69, 9.17) is 4.74 Å². The number of nitrogens with zero attached hydrogens (tertiary/aromatic N) is 4. The highest BCUT2D eigenvalue weighted by Crippen LogP contribution is 2.26. The number of piperidine rings is 1. The molecule has 1 saturated heterocycles. The standard InChI is InChI=1S/C26H32N4O2S/c1-5-30-25(21-8-6-7-18(2)15-21)27-28-26(30)33-17-24(31)29-13-11-22(12-14-29)32-23-10-9-19(3)20(4)16-23/h6-10,15-16,22H,5,11-14,17H2,1-4H3. The predicted octanol–water partition coefficient (Wildman–Crippen LogP) is 5.05. The van der Waals surface area contributed by atoms with Gasteiger partial charge in [-0.1, -0.05) is 41.6 Å². The Morgan fingerprint density at radius 1 is 1.06 bits per heavy atom. The summed E-state index contributed by atoms with van der Waals surface area (Å²) < 4.78 is 8.25. The van der Waals surface area contributed by atoms with Gasteiger partial charge in [0.15, 0.2) is 11.0 Å². The van der Waals surface area contributed by atoms with Gasteiger partial charge in [-0.2, -0.15) is 0 Å². The van der Waals surface area contributed by atoms with Crippen LogP contribution in [0.4, 0.5) is 0 Å². The van der Waals surface area contributed by atoms with Crippen LogP contribution in [0, 0.1) is 20.8 Å². The van der Waals surface area contributed by atoms with Gasteiger partial charge in [0.05, 0.1) is 5.75 Å². The summed E-state index contributed by atoms with van der Waals surface area (Å²) in [6, 6.07) is 14.5. The molecule has 0 atom stereocenters. The molecule has 1 aliphatic heterocycles. The normalized spacial score (nSPS) is 14.5. The summed E-state index contributed by atoms with van der Waals surface area (Å²) in [7, 11) is 0. The molecule has 1 amide bonds. The fourth-order valence-corrected chi connectivity index (χ4v) is 5.00. The van der Waals surface area contributed by atoms with Crippen LogP contribution in [0.2, 0.25) is 0 Å². The lowest BCUT2D eigenvalue weighted by Crippen LogP contribution is -2.42. The SMILES string of the molecule is CCn1c(SCC(=O)N2CCC(Oc3ccc(C)c(C)c3)CC2)nnc1-c1cccc(C)c1. The van der Waals surface area contributed by atoms with Crippen LogP contribution < -0.4 is 4.74 Å². The lowest BCUT2D eigenvalue weighted by molar-refractivity contribution is -0.130. The van der Waals surface area contributed by atoms with Gasteiger partial charge in [-0.25, -0.2) is 0 Å². The van der Waals surface area contributed by atoms with E-state index in [9.17, 15) is 4.79 Å². The molecule has 2 aromatic carbocycles. The molecule has 1 aromatic heterocycles. The van der Waals surface area contributed by atoms with E-state index in [1.165, 1.54) is 28.5 Å². The second-order valence-electron chi connectivity index (χ2n) is 8.65. The minimum absolute atomic E-state index is 0.146. The maximum Gasteiger partial charge on any atom is 0.233 e. The number of carbonyl (C=O) groups is 1. The van der Waals surface area contributed by atoms with Crippen molar-refractivity contribution < 1.29 is 9.53 Å². The molecule has 0 unspecified atom stereocenters. The van der Waals surface area contributed by atoms with Crippen molar-refractivity contribution in [3.05, 3.63) is 59.2 Å². The van der Waals surface area contributed by atoms with Crippen LogP contribution >= 0.6 is 11.8 Å². The number of likely N-dealkylation sites (tertiary alicyclic amines) is 1. The molecule has 0 aliphatic carbocycles. The average molecular weight is 465 g/mol. The summed E-state index contributed by atoms with van der Waals surface area (Å²) in [5.74, 6) is 2.28. The van der Waals surface area contributed by atoms with Gasteiger partial charge in [0, 0.05) is 38.0 Å². The number of ether oxygens (including phenoxy) is 1. The maximum absolute atomic E-state index is 12.8. The first-order valence-electron chi connectivity index (χ1n) is 11.6. The van der Waals surface area contributed by atoms with E-state index in [0.717, 1.165) is 54.8 Å². The van der Waals surface area contributed by atoms with Crippen molar-refractivity contribution >= 4 is 17.7 Å². The van der Waals surface area contributed by atoms with Crippen molar-refractivity contribution in [3.63, 3.8) is 0 Å². The van der Waals surface area contributed by atoms with E-state index in [2.05, 4.69) is 66.7 Å². The molecule has 174 valence electrons. The fourth-order valence-electron chi connectivity index (χ4n) is 4.10. The summed E-state index contributed by atoms with van der Waals surface area (Å²) in [5, 5.41) is 9.56. The maximum atomic E-state index is 12.8. The second-order valence-corrected chi connectivity index (χ2v) is 9.60. The van der Waals surface area contributed by atoms with E-state index in [-0.39, 0.29) is 12.0 Å². The Morgan fingerprint density at radius 3 is 2.55 bits per heavy atom. The molecular formula is C26H32N4O2S. The molecule has 0 N–H and O–H groups in total. The van der Waals surface area contributed by atoms with Gasteiger partial charge < -0.3 is 14.2 Å². The van der Waals surface area contributed by atoms with Crippen LogP contribution in [0.3, 0.4) is 0 Å². The van der Waals surface area contributed by atoms with Crippen molar-refractivity contribution in [2.75, 3.05) is 18.8 Å². The highest BCUT2D eigenvalue weighted by molar-refractivity contribution is 7.99. The number of hydrogen-bond acceptors (Lipinski definition) is 5. The molecule has 3 aromatic rings. The molecule has 0 saturated carbocycles. The van der Waals surface area contributed by atoms with Crippen molar-refractivity contribution in [2.24, 2.45) is 0 Å². The van der Waals surface area contributed by atoms with Gasteiger partial charge in [-0.15, -0.1) is 10.2 Å². The number of carbonyl (C=O) groups excluding carboxylic acids is 1. The number of aromatic nitrogens is 3. The molecule has 0 radical (unpaired) electrons. The Morgan fingerprint density at radius 2 is 1.85 bits per heavy atom. The number of amides is 1. The van der Waals surface area contributed by atoms with E-state index < -0.39 is 0 Å². The first kappa shape index (κ1) is 23.4. The quantitative estimate of drug-likeness (QED) is 0.458. The second kappa shape index (κ2) is 10.4. The zero-order chi connectivity index (χ0) is 23.4. The number of benzene rings is 2. The molecule has 4 rings (SSSR count). The fraction of sp³-hybridized carbons (Fsp3) is 0.423. The summed E-state index contributed by atoms with van der Waals surface area (Å²) >= 11 is 1.47. The monoisotopic (exact) mass is 464 g/mol. The van der Waals surface area contributed by atoms with Gasteiger partial charge in [0.25, 0.3) is 0 Å². The third-order valence-corrected chi connectivity index (χ3v) is 7.16. The first-order chi connectivity index (χ1) is 15.9. The third kappa shape index (κ3) is 5.58. The lowest BCUT2D eigenvalue weighted by Gasteiger charge is -2.32. The molecular weight excluding hydrogens is 432 g/mol. The van der Waals surface area contributed by atoms with Crippen LogP contribution in [0.25, 0.3) is 11.4 Å². The highest BCUT2D eigenvalue weighted by Gasteiger charge is 2.25. The molecule has 1 aliphatic rings. The highest BCUT2D eigenvalue weighted by atomic mass is 32.2. The Hall–Kier alpha value is -2.80. The van der Waals surface area contributed by atoms with Gasteiger partial charge in [0.2, 0.25) is 5.91 Å². The van der Waals surface area contributed by atoms with Crippen LogP contribution in [-0.2, 0) is 11.3 Å². The summed E-state index contributed by atoms with van der Waals surface area (Å²) in [4.78, 5) is 14.8. The van der Waals surface area contributed by atoms with Gasteiger partial charge in [-0.05, 0) is 57.0 Å². The molecule has 7 heteroatoms. The van der Waals surface area contributed by atoms with Gasteiger partial charge in [-0.3, -0.25) is 4.79 Å². The van der Waals surface area contributed by atoms with Gasteiger partial charge >= 0.3 is 0 Å². The van der Waals surface area contributed by atoms with E-state index in [1.54, 1.807) is 0 Å². The molecule has 0 bridgehead atoms. The molecule has 6 nitrogen and oxygen atoms in total. The van der Waals surface area contributed by atoms with Crippen molar-refractivity contribution in [1.29, 1.82) is 0 Å². The molecule has 0 spiro atoms. The zero-order valence-electron chi connectivity index (χ0n) is 19.9. The number of rotatable bonds is 7.